The number of furan rings is 1. The molecule has 2 rings (SSSR count). The largest absolute Gasteiger partial charge is 0.495 e. The number of carboxylic acid groups (broad SMARTS) is 1. The zero-order valence-electron chi connectivity index (χ0n) is 10.7. The summed E-state index contributed by atoms with van der Waals surface area (Å²) in [4.78, 5) is 11.0. The van der Waals surface area contributed by atoms with E-state index in [0.29, 0.717) is 17.0 Å². The summed E-state index contributed by atoms with van der Waals surface area (Å²) in [5, 5.41) is 21.0. The maximum Gasteiger partial charge on any atom is 0.339 e. The van der Waals surface area contributed by atoms with Gasteiger partial charge in [0, 0.05) is 0 Å². The molecule has 0 unspecified atom stereocenters. The molecule has 102 valence electrons. The molecule has 1 aromatic carbocycles. The van der Waals surface area contributed by atoms with Crippen molar-refractivity contribution >= 4 is 11.7 Å². The number of nitrogens with zero attached hydrogens (tertiary/aromatic N) is 1. The lowest BCUT2D eigenvalue weighted by atomic mass is 10.1. The second-order valence-electron chi connectivity index (χ2n) is 3.91. The van der Waals surface area contributed by atoms with Gasteiger partial charge in [0.05, 0.1) is 31.2 Å². The minimum absolute atomic E-state index is 0.0888. The lowest BCUT2D eigenvalue weighted by Crippen LogP contribution is -2.06. The highest BCUT2D eigenvalue weighted by Crippen LogP contribution is 2.28. The predicted octanol–water partition coefficient (Wildman–Crippen LogP) is 2.47. The van der Waals surface area contributed by atoms with Gasteiger partial charge >= 0.3 is 5.97 Å². The maximum absolute atomic E-state index is 11.0. The first-order valence-corrected chi connectivity index (χ1v) is 5.78. The summed E-state index contributed by atoms with van der Waals surface area (Å²) >= 11 is 0. The molecule has 20 heavy (non-hydrogen) atoms. The van der Waals surface area contributed by atoms with E-state index < -0.39 is 5.97 Å². The van der Waals surface area contributed by atoms with Crippen LogP contribution in [-0.4, -0.2) is 18.2 Å². The van der Waals surface area contributed by atoms with E-state index in [0.717, 1.165) is 0 Å². The average molecular weight is 272 g/mol. The van der Waals surface area contributed by atoms with E-state index >= 15 is 0 Å². The number of carboxylic acids is 1. The van der Waals surface area contributed by atoms with Crippen LogP contribution in [0.1, 0.15) is 21.7 Å². The van der Waals surface area contributed by atoms with Gasteiger partial charge in [-0.25, -0.2) is 4.79 Å². The Morgan fingerprint density at radius 2 is 2.30 bits per heavy atom. The van der Waals surface area contributed by atoms with Crippen LogP contribution in [0.15, 0.2) is 34.9 Å². The third kappa shape index (κ3) is 2.57. The van der Waals surface area contributed by atoms with Crippen molar-refractivity contribution in [3.8, 4) is 11.8 Å². The molecule has 0 aliphatic carbocycles. The van der Waals surface area contributed by atoms with E-state index in [1.54, 1.807) is 18.2 Å². The molecule has 1 aromatic heterocycles. The molecule has 0 saturated carbocycles. The minimum atomic E-state index is -1.06. The summed E-state index contributed by atoms with van der Waals surface area (Å²) in [6, 6.07) is 8.49. The molecule has 2 aromatic rings. The number of hydrogen-bond donors (Lipinski definition) is 2. The zero-order chi connectivity index (χ0) is 14.5. The topological polar surface area (TPSA) is 95.5 Å². The van der Waals surface area contributed by atoms with Crippen molar-refractivity contribution in [3.63, 3.8) is 0 Å². The lowest BCUT2D eigenvalue weighted by molar-refractivity contribution is 0.0694. The van der Waals surface area contributed by atoms with Crippen LogP contribution in [0.3, 0.4) is 0 Å². The Labute approximate surface area is 115 Å². The smallest absolute Gasteiger partial charge is 0.339 e. The highest BCUT2D eigenvalue weighted by Gasteiger charge is 2.15. The third-order valence-electron chi connectivity index (χ3n) is 2.77. The molecule has 0 fully saturated rings. The highest BCUT2D eigenvalue weighted by atomic mass is 16.5. The molecular formula is C14H12N2O4. The summed E-state index contributed by atoms with van der Waals surface area (Å²) in [7, 11) is 1.50. The first-order chi connectivity index (χ1) is 9.67. The molecular weight excluding hydrogens is 260 g/mol. The Morgan fingerprint density at radius 1 is 1.50 bits per heavy atom. The second kappa shape index (κ2) is 5.80. The Hall–Kier alpha value is -2.94. The number of carbonyl (C=O) groups is 1. The number of nitrogens with one attached hydrogen (secondary N) is 1. The first-order valence-electron chi connectivity index (χ1n) is 5.78. The monoisotopic (exact) mass is 272 g/mol. The Kier molecular flexibility index (Phi) is 3.91. The van der Waals surface area contributed by atoms with Gasteiger partial charge in [-0.15, -0.1) is 0 Å². The summed E-state index contributed by atoms with van der Waals surface area (Å²) in [5.74, 6) is -0.268. The van der Waals surface area contributed by atoms with Gasteiger partial charge in [0.2, 0.25) is 0 Å². The summed E-state index contributed by atoms with van der Waals surface area (Å²) in [5.41, 5.74) is 1.00. The fraction of sp³-hybridized carbons (Fsp3) is 0.143. The summed E-state index contributed by atoms with van der Waals surface area (Å²) in [6.45, 7) is 0.143. The van der Waals surface area contributed by atoms with Crippen molar-refractivity contribution < 1.29 is 19.1 Å². The van der Waals surface area contributed by atoms with Gasteiger partial charge in [0.1, 0.15) is 23.1 Å². The van der Waals surface area contributed by atoms with E-state index in [4.69, 9.17) is 19.5 Å². The Balaban J connectivity index is 2.25. The number of anilines is 1. The van der Waals surface area contributed by atoms with Crippen LogP contribution < -0.4 is 10.1 Å². The zero-order valence-corrected chi connectivity index (χ0v) is 10.7. The lowest BCUT2D eigenvalue weighted by Gasteiger charge is -2.11. The van der Waals surface area contributed by atoms with Crippen molar-refractivity contribution in [1.82, 2.24) is 0 Å². The van der Waals surface area contributed by atoms with Crippen molar-refractivity contribution in [2.75, 3.05) is 12.4 Å². The third-order valence-corrected chi connectivity index (χ3v) is 2.77. The number of rotatable bonds is 5. The van der Waals surface area contributed by atoms with E-state index in [1.165, 1.54) is 19.4 Å². The fourth-order valence-corrected chi connectivity index (χ4v) is 1.81. The van der Waals surface area contributed by atoms with E-state index in [1.807, 2.05) is 6.07 Å². The quantitative estimate of drug-likeness (QED) is 0.868. The van der Waals surface area contributed by atoms with Crippen molar-refractivity contribution in [2.24, 2.45) is 0 Å². The van der Waals surface area contributed by atoms with Crippen LogP contribution >= 0.6 is 0 Å². The predicted molar refractivity (Wildman–Crippen MR) is 70.7 cm³/mol. The van der Waals surface area contributed by atoms with Crippen LogP contribution in [0.2, 0.25) is 0 Å². The molecule has 6 heteroatoms. The minimum Gasteiger partial charge on any atom is -0.495 e. The van der Waals surface area contributed by atoms with Gasteiger partial charge in [-0.1, -0.05) is 6.07 Å². The van der Waals surface area contributed by atoms with E-state index in [9.17, 15) is 4.79 Å². The van der Waals surface area contributed by atoms with Crippen LogP contribution in [0.4, 0.5) is 5.69 Å². The highest BCUT2D eigenvalue weighted by molar-refractivity contribution is 5.88. The molecule has 6 nitrogen and oxygen atoms in total. The molecule has 2 N–H and O–H groups in total. The van der Waals surface area contributed by atoms with Crippen LogP contribution in [0.5, 0.6) is 5.75 Å². The van der Waals surface area contributed by atoms with Crippen LogP contribution in [0.25, 0.3) is 0 Å². The first kappa shape index (κ1) is 13.5. The molecule has 0 atom stereocenters. The number of aromatic carboxylic acids is 1. The van der Waals surface area contributed by atoms with E-state index in [2.05, 4.69) is 5.32 Å². The maximum atomic E-state index is 11.0. The molecule has 0 bridgehead atoms. The van der Waals surface area contributed by atoms with Gasteiger partial charge in [0.25, 0.3) is 0 Å². The fourth-order valence-electron chi connectivity index (χ4n) is 1.81. The van der Waals surface area contributed by atoms with Crippen molar-refractivity contribution in [1.29, 1.82) is 5.26 Å². The number of benzene rings is 1. The SMILES string of the molecule is COc1cccc(C#N)c1NCc1occc1C(=O)O. The Bertz CT molecular complexity index is 670. The molecule has 0 aliphatic rings. The van der Waals surface area contributed by atoms with Gasteiger partial charge in [-0.05, 0) is 18.2 Å². The number of nitriles is 1. The summed E-state index contributed by atoms with van der Waals surface area (Å²) < 4.78 is 10.3. The van der Waals surface area contributed by atoms with Crippen LogP contribution in [0, 0.1) is 11.3 Å². The standard InChI is InChI=1S/C14H12N2O4/c1-19-11-4-2-3-9(7-15)13(11)16-8-12-10(14(17)18)5-6-20-12/h2-6,16H,8H2,1H3,(H,17,18). The van der Waals surface area contributed by atoms with Crippen molar-refractivity contribution in [3.05, 3.63) is 47.4 Å². The Morgan fingerprint density at radius 3 is 2.95 bits per heavy atom. The number of para-hydroxylation sites is 1. The molecule has 1 heterocycles. The molecule has 0 spiro atoms. The van der Waals surface area contributed by atoms with Gasteiger partial charge in [0.15, 0.2) is 0 Å². The molecule has 0 aliphatic heterocycles. The number of hydrogen-bond acceptors (Lipinski definition) is 5. The van der Waals surface area contributed by atoms with E-state index in [-0.39, 0.29) is 17.9 Å². The van der Waals surface area contributed by atoms with Gasteiger partial charge < -0.3 is 19.6 Å². The second-order valence-corrected chi connectivity index (χ2v) is 3.91. The molecule has 0 amide bonds. The van der Waals surface area contributed by atoms with Crippen LogP contribution in [-0.2, 0) is 6.54 Å². The number of ether oxygens (including phenoxy) is 1. The van der Waals surface area contributed by atoms with Crippen molar-refractivity contribution in [2.45, 2.75) is 6.54 Å². The normalized spacial score (nSPS) is 9.80. The van der Waals surface area contributed by atoms with Gasteiger partial charge in [-0.2, -0.15) is 5.26 Å². The molecule has 0 radical (unpaired) electrons. The number of methoxy groups -OCH3 is 1. The average Bonchev–Trinajstić information content (AvgIpc) is 2.93. The summed E-state index contributed by atoms with van der Waals surface area (Å²) in [6.07, 6.45) is 1.31. The molecule has 0 saturated heterocycles. The van der Waals surface area contributed by atoms with Gasteiger partial charge in [-0.3, -0.25) is 0 Å².